The predicted molar refractivity (Wildman–Crippen MR) is 112 cm³/mol. The smallest absolute Gasteiger partial charge is 0.356 e. The number of rotatable bonds is 10. The summed E-state index contributed by atoms with van der Waals surface area (Å²) in [7, 11) is -1.32. The molecule has 154 valence electrons. The number of nitrogens with zero attached hydrogens (tertiary/aromatic N) is 3. The molecule has 0 aliphatic rings. The van der Waals surface area contributed by atoms with Crippen LogP contribution in [0.1, 0.15) is 19.7 Å². The normalized spacial score (nSPS) is 11.7. The Morgan fingerprint density at radius 1 is 0.966 bits per heavy atom. The number of benzene rings is 1. The standard InChI is InChI=1S/C21H26N3O4P/c1-4-27-29(25,28-5-2)16-26-15-19-23-20(17-9-7-6-8-10-17)21(24(19)3)18-11-13-22-14-12-18/h6-14H,4-5,15-16H2,1-3H3. The Morgan fingerprint density at radius 3 is 2.24 bits per heavy atom. The topological polar surface area (TPSA) is 75.5 Å². The summed E-state index contributed by atoms with van der Waals surface area (Å²) in [6.45, 7) is 4.33. The van der Waals surface area contributed by atoms with Gasteiger partial charge in [-0.15, -0.1) is 0 Å². The second-order valence-corrected chi connectivity index (χ2v) is 8.31. The summed E-state index contributed by atoms with van der Waals surface area (Å²) in [6.07, 6.45) is 3.40. The highest BCUT2D eigenvalue weighted by atomic mass is 31.2. The van der Waals surface area contributed by atoms with Crippen LogP contribution >= 0.6 is 7.60 Å². The molecule has 0 bridgehead atoms. The van der Waals surface area contributed by atoms with Gasteiger partial charge in [-0.05, 0) is 26.0 Å². The van der Waals surface area contributed by atoms with E-state index in [1.54, 1.807) is 26.2 Å². The third-order valence-corrected chi connectivity index (χ3v) is 6.12. The molecule has 2 aromatic heterocycles. The average molecular weight is 415 g/mol. The van der Waals surface area contributed by atoms with E-state index in [2.05, 4.69) is 4.98 Å². The van der Waals surface area contributed by atoms with Crippen molar-refractivity contribution in [3.63, 3.8) is 0 Å². The first-order valence-electron chi connectivity index (χ1n) is 9.55. The lowest BCUT2D eigenvalue weighted by molar-refractivity contribution is 0.117. The highest BCUT2D eigenvalue weighted by Gasteiger charge is 2.25. The first-order chi connectivity index (χ1) is 14.1. The van der Waals surface area contributed by atoms with Gasteiger partial charge in [0.15, 0.2) is 0 Å². The molecule has 0 amide bonds. The molecule has 0 saturated carbocycles. The Bertz CT molecular complexity index is 951. The fraction of sp³-hybridized carbons (Fsp3) is 0.333. The quantitative estimate of drug-likeness (QED) is 0.439. The Balaban J connectivity index is 1.89. The molecule has 8 heteroatoms. The van der Waals surface area contributed by atoms with E-state index in [-0.39, 0.29) is 13.0 Å². The molecule has 0 radical (unpaired) electrons. The summed E-state index contributed by atoms with van der Waals surface area (Å²) in [4.78, 5) is 8.92. The summed E-state index contributed by atoms with van der Waals surface area (Å²) >= 11 is 0. The Labute approximate surface area is 171 Å². The van der Waals surface area contributed by atoms with Crippen molar-refractivity contribution in [1.82, 2.24) is 14.5 Å². The van der Waals surface area contributed by atoms with Crippen LogP contribution in [-0.4, -0.2) is 34.1 Å². The molecule has 29 heavy (non-hydrogen) atoms. The van der Waals surface area contributed by atoms with Crippen LogP contribution in [0.25, 0.3) is 22.5 Å². The van der Waals surface area contributed by atoms with Gasteiger partial charge in [0, 0.05) is 30.6 Å². The number of hydrogen-bond donors (Lipinski definition) is 0. The number of ether oxygens (including phenoxy) is 1. The minimum absolute atomic E-state index is 0.118. The largest absolute Gasteiger partial charge is 0.361 e. The maximum Gasteiger partial charge on any atom is 0.356 e. The second kappa shape index (κ2) is 9.94. The molecule has 3 rings (SSSR count). The van der Waals surface area contributed by atoms with E-state index in [1.165, 1.54) is 0 Å². The minimum atomic E-state index is -3.26. The van der Waals surface area contributed by atoms with Crippen molar-refractivity contribution in [2.45, 2.75) is 20.5 Å². The van der Waals surface area contributed by atoms with Crippen LogP contribution in [-0.2, 0) is 32.0 Å². The number of hydrogen-bond acceptors (Lipinski definition) is 6. The van der Waals surface area contributed by atoms with Crippen LogP contribution < -0.4 is 0 Å². The van der Waals surface area contributed by atoms with Gasteiger partial charge in [0.05, 0.1) is 24.6 Å². The summed E-state index contributed by atoms with van der Waals surface area (Å²) in [6, 6.07) is 13.9. The number of imidazole rings is 1. The second-order valence-electron chi connectivity index (χ2n) is 6.31. The third kappa shape index (κ3) is 5.19. The van der Waals surface area contributed by atoms with E-state index in [0.717, 1.165) is 28.3 Å². The van der Waals surface area contributed by atoms with Gasteiger partial charge < -0.3 is 18.4 Å². The maximum absolute atomic E-state index is 12.6. The lowest BCUT2D eigenvalue weighted by Gasteiger charge is -2.16. The third-order valence-electron chi connectivity index (χ3n) is 4.32. The summed E-state index contributed by atoms with van der Waals surface area (Å²) in [5.74, 6) is 0.718. The number of pyridine rings is 1. The van der Waals surface area contributed by atoms with Gasteiger partial charge in [0.2, 0.25) is 0 Å². The average Bonchev–Trinajstić information content (AvgIpc) is 3.06. The first-order valence-corrected chi connectivity index (χ1v) is 11.3. The van der Waals surface area contributed by atoms with Crippen LogP contribution in [0.15, 0.2) is 54.9 Å². The van der Waals surface area contributed by atoms with E-state index in [4.69, 9.17) is 18.8 Å². The zero-order valence-electron chi connectivity index (χ0n) is 16.9. The van der Waals surface area contributed by atoms with E-state index in [0.29, 0.717) is 13.2 Å². The van der Waals surface area contributed by atoms with Gasteiger partial charge >= 0.3 is 7.60 Å². The van der Waals surface area contributed by atoms with Crippen molar-refractivity contribution in [2.75, 3.05) is 19.6 Å². The molecule has 0 N–H and O–H groups in total. The van der Waals surface area contributed by atoms with Crippen molar-refractivity contribution in [2.24, 2.45) is 7.05 Å². The SMILES string of the molecule is CCOP(=O)(COCc1nc(-c2ccccc2)c(-c2ccncc2)n1C)OCC. The highest BCUT2D eigenvalue weighted by molar-refractivity contribution is 7.53. The van der Waals surface area contributed by atoms with Crippen molar-refractivity contribution in [1.29, 1.82) is 0 Å². The van der Waals surface area contributed by atoms with Crippen LogP contribution in [0.4, 0.5) is 0 Å². The zero-order valence-corrected chi connectivity index (χ0v) is 17.8. The zero-order chi connectivity index (χ0) is 20.7. The van der Waals surface area contributed by atoms with Crippen molar-refractivity contribution >= 4 is 7.60 Å². The van der Waals surface area contributed by atoms with Crippen molar-refractivity contribution < 1.29 is 18.3 Å². The molecule has 7 nitrogen and oxygen atoms in total. The van der Waals surface area contributed by atoms with Crippen LogP contribution in [0.3, 0.4) is 0 Å². The molecular formula is C21H26N3O4P. The summed E-state index contributed by atoms with van der Waals surface area (Å²) in [5.41, 5.74) is 3.84. The van der Waals surface area contributed by atoms with Crippen molar-refractivity contribution in [3.05, 3.63) is 60.7 Å². The van der Waals surface area contributed by atoms with E-state index in [9.17, 15) is 4.57 Å². The lowest BCUT2D eigenvalue weighted by Crippen LogP contribution is -2.07. The molecule has 0 aliphatic carbocycles. The minimum Gasteiger partial charge on any atom is -0.361 e. The van der Waals surface area contributed by atoms with Gasteiger partial charge in [-0.2, -0.15) is 0 Å². The summed E-state index contributed by atoms with van der Waals surface area (Å²) < 4.78 is 30.9. The fourth-order valence-corrected chi connectivity index (χ4v) is 4.39. The first kappa shape index (κ1) is 21.4. The van der Waals surface area contributed by atoms with Crippen molar-refractivity contribution in [3.8, 4) is 22.5 Å². The van der Waals surface area contributed by atoms with Gasteiger partial charge in [-0.1, -0.05) is 30.3 Å². The fourth-order valence-electron chi connectivity index (χ4n) is 3.07. The van der Waals surface area contributed by atoms with Crippen LogP contribution in [0.2, 0.25) is 0 Å². The predicted octanol–water partition coefficient (Wildman–Crippen LogP) is 4.89. The molecule has 0 atom stereocenters. The summed E-state index contributed by atoms with van der Waals surface area (Å²) in [5, 5.41) is 0. The van der Waals surface area contributed by atoms with Gasteiger partial charge in [0.25, 0.3) is 0 Å². The molecule has 3 aromatic rings. The van der Waals surface area contributed by atoms with E-state index in [1.807, 2.05) is 54.1 Å². The Hall–Kier alpha value is -2.31. The van der Waals surface area contributed by atoms with Crippen LogP contribution in [0.5, 0.6) is 0 Å². The Morgan fingerprint density at radius 2 is 1.62 bits per heavy atom. The molecule has 1 aromatic carbocycles. The molecule has 0 saturated heterocycles. The van der Waals surface area contributed by atoms with Gasteiger partial charge in [-0.3, -0.25) is 9.55 Å². The molecule has 0 aliphatic heterocycles. The van der Waals surface area contributed by atoms with Crippen LogP contribution in [0, 0.1) is 0 Å². The maximum atomic E-state index is 12.6. The van der Waals surface area contributed by atoms with Gasteiger partial charge in [-0.25, -0.2) is 4.98 Å². The molecule has 0 spiro atoms. The molecule has 0 unspecified atom stereocenters. The van der Waals surface area contributed by atoms with E-state index >= 15 is 0 Å². The van der Waals surface area contributed by atoms with E-state index < -0.39 is 7.60 Å². The molecule has 0 fully saturated rings. The number of aromatic nitrogens is 3. The highest BCUT2D eigenvalue weighted by Crippen LogP contribution is 2.48. The molecular weight excluding hydrogens is 389 g/mol. The monoisotopic (exact) mass is 415 g/mol. The lowest BCUT2D eigenvalue weighted by atomic mass is 10.1. The molecule has 2 heterocycles. The van der Waals surface area contributed by atoms with Gasteiger partial charge in [0.1, 0.15) is 18.8 Å². The Kier molecular flexibility index (Phi) is 7.34.